The minimum Gasteiger partial charge on any atom is -1.00 e. The lowest BCUT2D eigenvalue weighted by atomic mass is 10.4. The number of quaternary nitrogens is 1. The van der Waals surface area contributed by atoms with E-state index >= 15 is 0 Å². The molecule has 0 bridgehead atoms. The minimum absolute atomic E-state index is 0. The number of hydrogen-bond donors (Lipinski definition) is 0. The van der Waals surface area contributed by atoms with Gasteiger partial charge in [-0.15, -0.1) is 0 Å². The van der Waals surface area contributed by atoms with Crippen LogP contribution in [0, 0.1) is 0 Å². The highest BCUT2D eigenvalue weighted by molar-refractivity contribution is 5.78. The van der Waals surface area contributed by atoms with Crippen LogP contribution in [0.1, 0.15) is 20.8 Å². The molecule has 0 aromatic heterocycles. The second-order valence-electron chi connectivity index (χ2n) is 4.40. The van der Waals surface area contributed by atoms with E-state index in [1.54, 1.807) is 6.92 Å². The molecule has 0 aliphatic rings. The largest absolute Gasteiger partial charge is 1.00 e. The van der Waals surface area contributed by atoms with Gasteiger partial charge in [0.1, 0.15) is 0 Å². The first-order valence-corrected chi connectivity index (χ1v) is 4.83. The van der Waals surface area contributed by atoms with Crippen molar-refractivity contribution in [1.82, 2.24) is 0 Å². The zero-order valence-corrected chi connectivity index (χ0v) is 11.4. The van der Waals surface area contributed by atoms with Crippen molar-refractivity contribution in [3.63, 3.8) is 0 Å². The molecule has 0 rings (SSSR count). The number of ether oxygens (including phenoxy) is 2. The number of halogens is 1. The van der Waals surface area contributed by atoms with Crippen LogP contribution < -0.4 is 12.4 Å². The Hall–Kier alpha value is -0.810. The van der Waals surface area contributed by atoms with E-state index < -0.39 is 18.0 Å². The van der Waals surface area contributed by atoms with Gasteiger partial charge in [-0.05, 0) is 6.92 Å². The van der Waals surface area contributed by atoms with E-state index in [0.717, 1.165) is 0 Å². The molecular weight excluding hydrogens is 234 g/mol. The molecule has 96 valence electrons. The summed E-state index contributed by atoms with van der Waals surface area (Å²) in [6.45, 7) is 4.54. The van der Waals surface area contributed by atoms with Gasteiger partial charge >= 0.3 is 11.9 Å². The lowest BCUT2D eigenvalue weighted by Crippen LogP contribution is -3.00. The van der Waals surface area contributed by atoms with Gasteiger partial charge in [0.2, 0.25) is 6.23 Å². The van der Waals surface area contributed by atoms with Crippen LogP contribution in [-0.2, 0) is 19.1 Å². The maximum absolute atomic E-state index is 11.4. The van der Waals surface area contributed by atoms with Crippen molar-refractivity contribution in [2.24, 2.45) is 0 Å². The number of esters is 2. The van der Waals surface area contributed by atoms with Gasteiger partial charge in [0.25, 0.3) is 0 Å². The van der Waals surface area contributed by atoms with E-state index in [1.807, 2.05) is 21.1 Å². The molecule has 0 saturated carbocycles. The Labute approximate surface area is 103 Å². The van der Waals surface area contributed by atoms with Crippen LogP contribution in [0.25, 0.3) is 0 Å². The van der Waals surface area contributed by atoms with Crippen LogP contribution in [0.2, 0.25) is 0 Å². The Morgan fingerprint density at radius 1 is 1.06 bits per heavy atom. The van der Waals surface area contributed by atoms with Crippen molar-refractivity contribution >= 4 is 11.9 Å². The number of rotatable bonds is 4. The maximum Gasteiger partial charge on any atom is 0.351 e. The Morgan fingerprint density at radius 2 is 1.50 bits per heavy atom. The first kappa shape index (κ1) is 17.6. The molecule has 16 heavy (non-hydrogen) atoms. The van der Waals surface area contributed by atoms with Crippen LogP contribution in [0.3, 0.4) is 0 Å². The molecule has 0 heterocycles. The molecule has 0 aromatic carbocycles. The van der Waals surface area contributed by atoms with E-state index in [4.69, 9.17) is 9.47 Å². The fourth-order valence-corrected chi connectivity index (χ4v) is 0.719. The second kappa shape index (κ2) is 6.70. The molecular formula is C10H20ClNO4. The third-order valence-corrected chi connectivity index (χ3v) is 2.05. The van der Waals surface area contributed by atoms with E-state index in [2.05, 4.69) is 0 Å². The summed E-state index contributed by atoms with van der Waals surface area (Å²) in [5, 5.41) is 0. The van der Waals surface area contributed by atoms with Crippen LogP contribution in [-0.4, -0.2) is 49.9 Å². The van der Waals surface area contributed by atoms with Crippen molar-refractivity contribution < 1.29 is 36.0 Å². The topological polar surface area (TPSA) is 52.6 Å². The van der Waals surface area contributed by atoms with E-state index in [9.17, 15) is 9.59 Å². The Kier molecular flexibility index (Phi) is 7.37. The quantitative estimate of drug-likeness (QED) is 0.317. The summed E-state index contributed by atoms with van der Waals surface area (Å²) in [4.78, 5) is 22.0. The predicted octanol–water partition coefficient (Wildman–Crippen LogP) is -2.46. The smallest absolute Gasteiger partial charge is 0.351 e. The summed E-state index contributed by atoms with van der Waals surface area (Å²) in [6.07, 6.45) is -1.13. The van der Waals surface area contributed by atoms with Gasteiger partial charge in [-0.2, -0.15) is 0 Å². The lowest BCUT2D eigenvalue weighted by Gasteiger charge is -2.30. The van der Waals surface area contributed by atoms with Crippen LogP contribution >= 0.6 is 0 Å². The average Bonchev–Trinajstić information content (AvgIpc) is 2.00. The monoisotopic (exact) mass is 253 g/mol. The molecule has 5 nitrogen and oxygen atoms in total. The molecule has 0 aliphatic carbocycles. The summed E-state index contributed by atoms with van der Waals surface area (Å²) in [5.74, 6) is -1.01. The van der Waals surface area contributed by atoms with Crippen molar-refractivity contribution in [3.05, 3.63) is 0 Å². The SMILES string of the molecule is CC(=O)OC(C)C(=O)OC(C)[N+](C)(C)C.[Cl-]. The summed E-state index contributed by atoms with van der Waals surface area (Å²) in [5.41, 5.74) is 0. The number of carbonyl (C=O) groups is 2. The summed E-state index contributed by atoms with van der Waals surface area (Å²) < 4.78 is 10.3. The highest BCUT2D eigenvalue weighted by Gasteiger charge is 2.26. The third-order valence-electron chi connectivity index (χ3n) is 2.05. The number of hydrogen-bond acceptors (Lipinski definition) is 4. The van der Waals surface area contributed by atoms with Crippen LogP contribution in [0.4, 0.5) is 0 Å². The first-order chi connectivity index (χ1) is 6.64. The molecule has 0 amide bonds. The normalized spacial score (nSPS) is 14.4. The molecule has 6 heteroatoms. The van der Waals surface area contributed by atoms with Crippen molar-refractivity contribution in [1.29, 1.82) is 0 Å². The Bertz CT molecular complexity index is 250. The first-order valence-electron chi connectivity index (χ1n) is 4.83. The fourth-order valence-electron chi connectivity index (χ4n) is 0.719. The molecule has 0 aromatic rings. The molecule has 2 atom stereocenters. The van der Waals surface area contributed by atoms with Gasteiger partial charge in [0.15, 0.2) is 6.10 Å². The van der Waals surface area contributed by atoms with E-state index in [-0.39, 0.29) is 18.6 Å². The third kappa shape index (κ3) is 6.63. The maximum atomic E-state index is 11.4. The van der Waals surface area contributed by atoms with Crippen molar-refractivity contribution in [2.75, 3.05) is 21.1 Å². The standard InChI is InChI=1S/C10H20NO4.ClH/c1-7(14-9(3)12)10(13)15-8(2)11(4,5)6;/h7-8H,1-6H3;1H/q+1;/p-1. The molecule has 0 fully saturated rings. The van der Waals surface area contributed by atoms with E-state index in [1.165, 1.54) is 13.8 Å². The average molecular weight is 254 g/mol. The molecule has 0 saturated heterocycles. The second-order valence-corrected chi connectivity index (χ2v) is 4.40. The highest BCUT2D eigenvalue weighted by atomic mass is 35.5. The van der Waals surface area contributed by atoms with Crippen LogP contribution in [0.5, 0.6) is 0 Å². The summed E-state index contributed by atoms with van der Waals surface area (Å²) >= 11 is 0. The summed E-state index contributed by atoms with van der Waals surface area (Å²) in [6, 6.07) is 0. The highest BCUT2D eigenvalue weighted by Crippen LogP contribution is 2.06. The fraction of sp³-hybridized carbons (Fsp3) is 0.800. The van der Waals surface area contributed by atoms with Gasteiger partial charge in [0.05, 0.1) is 21.1 Å². The minimum atomic E-state index is -0.850. The Morgan fingerprint density at radius 3 is 1.81 bits per heavy atom. The van der Waals surface area contributed by atoms with Gasteiger partial charge in [-0.25, -0.2) is 4.79 Å². The predicted molar refractivity (Wildman–Crippen MR) is 54.8 cm³/mol. The molecule has 0 radical (unpaired) electrons. The molecule has 0 N–H and O–H groups in total. The molecule has 2 unspecified atom stereocenters. The zero-order chi connectivity index (χ0) is 12.2. The van der Waals surface area contributed by atoms with Crippen molar-refractivity contribution in [3.8, 4) is 0 Å². The molecule has 0 aliphatic heterocycles. The van der Waals surface area contributed by atoms with E-state index in [0.29, 0.717) is 4.48 Å². The summed E-state index contributed by atoms with van der Waals surface area (Å²) in [7, 11) is 5.73. The molecule has 0 spiro atoms. The lowest BCUT2D eigenvalue weighted by molar-refractivity contribution is -0.914. The van der Waals surface area contributed by atoms with Crippen LogP contribution in [0.15, 0.2) is 0 Å². The van der Waals surface area contributed by atoms with Gasteiger partial charge in [-0.1, -0.05) is 0 Å². The number of nitrogens with zero attached hydrogens (tertiary/aromatic N) is 1. The zero-order valence-electron chi connectivity index (χ0n) is 10.6. The number of carbonyl (C=O) groups excluding carboxylic acids is 2. The Balaban J connectivity index is 0. The van der Waals surface area contributed by atoms with Gasteiger partial charge in [-0.3, -0.25) is 9.28 Å². The van der Waals surface area contributed by atoms with Crippen molar-refractivity contribution in [2.45, 2.75) is 33.1 Å². The van der Waals surface area contributed by atoms with Gasteiger partial charge < -0.3 is 21.9 Å². The van der Waals surface area contributed by atoms with Gasteiger partial charge in [0, 0.05) is 13.8 Å².